The molecule has 1 N–H and O–H groups in total. The van der Waals surface area contributed by atoms with E-state index in [0.717, 1.165) is 63.3 Å². The maximum atomic E-state index is 12.7. The maximum Gasteiger partial charge on any atom is 0.226 e. The summed E-state index contributed by atoms with van der Waals surface area (Å²) in [4.78, 5) is 18.6. The summed E-state index contributed by atoms with van der Waals surface area (Å²) in [6.07, 6.45) is 4.63. The first-order valence-corrected chi connectivity index (χ1v) is 14.1. The monoisotopic (exact) mass is 505 g/mol. The zero-order valence-corrected chi connectivity index (χ0v) is 22.4. The number of rotatable bonds is 12. The summed E-state index contributed by atoms with van der Waals surface area (Å²) in [6, 6.07) is 23.3. The summed E-state index contributed by atoms with van der Waals surface area (Å²) in [5.41, 5.74) is 2.36. The van der Waals surface area contributed by atoms with Crippen molar-refractivity contribution in [3.05, 3.63) is 82.6 Å². The van der Waals surface area contributed by atoms with Crippen molar-refractivity contribution in [1.82, 2.24) is 10.2 Å². The van der Waals surface area contributed by atoms with Crippen LogP contribution in [0.1, 0.15) is 49.2 Å². The van der Waals surface area contributed by atoms with E-state index in [-0.39, 0.29) is 18.1 Å². The Bertz CT molecular complexity index is 1030. The van der Waals surface area contributed by atoms with Gasteiger partial charge in [-0.05, 0) is 74.1 Å². The molecule has 1 aliphatic heterocycles. The fraction of sp³-hybridized carbons (Fsp3) is 0.433. The minimum absolute atomic E-state index is 0.0830. The number of thiophene rings is 1. The Hall–Kier alpha value is -2.67. The van der Waals surface area contributed by atoms with E-state index < -0.39 is 0 Å². The summed E-state index contributed by atoms with van der Waals surface area (Å²) in [5, 5.41) is 5.34. The van der Waals surface area contributed by atoms with Crippen molar-refractivity contribution < 1.29 is 9.53 Å². The summed E-state index contributed by atoms with van der Waals surface area (Å²) in [6.45, 7) is 5.97. The van der Waals surface area contributed by atoms with Crippen molar-refractivity contribution in [2.75, 3.05) is 38.1 Å². The van der Waals surface area contributed by atoms with Crippen LogP contribution in [0.25, 0.3) is 0 Å². The Morgan fingerprint density at radius 2 is 1.83 bits per heavy atom. The van der Waals surface area contributed by atoms with Crippen LogP contribution in [0.4, 0.5) is 5.69 Å². The number of likely N-dealkylation sites (tertiary alicyclic amines) is 1. The fourth-order valence-corrected chi connectivity index (χ4v) is 5.70. The number of nitrogens with one attached hydrogen (secondary N) is 1. The molecule has 0 aliphatic carbocycles. The lowest BCUT2D eigenvalue weighted by Gasteiger charge is -2.38. The van der Waals surface area contributed by atoms with Crippen molar-refractivity contribution in [3.63, 3.8) is 0 Å². The third kappa shape index (κ3) is 7.19. The molecule has 1 amide bonds. The molecule has 1 aromatic heterocycles. The van der Waals surface area contributed by atoms with E-state index in [4.69, 9.17) is 4.74 Å². The largest absolute Gasteiger partial charge is 0.485 e. The van der Waals surface area contributed by atoms with Gasteiger partial charge in [0.25, 0.3) is 0 Å². The fourth-order valence-electron chi connectivity index (χ4n) is 4.91. The highest BCUT2D eigenvalue weighted by Gasteiger charge is 2.28. The molecule has 2 heterocycles. The van der Waals surface area contributed by atoms with E-state index in [9.17, 15) is 4.79 Å². The molecular formula is C30H39N3O2S. The zero-order valence-electron chi connectivity index (χ0n) is 21.6. The van der Waals surface area contributed by atoms with Crippen molar-refractivity contribution in [3.8, 4) is 5.75 Å². The molecule has 1 atom stereocenters. The van der Waals surface area contributed by atoms with Crippen LogP contribution in [0, 0.1) is 0 Å². The van der Waals surface area contributed by atoms with Crippen molar-refractivity contribution >= 4 is 22.9 Å². The molecule has 0 bridgehead atoms. The summed E-state index contributed by atoms with van der Waals surface area (Å²) < 4.78 is 6.34. The van der Waals surface area contributed by atoms with E-state index in [1.165, 1.54) is 10.4 Å². The predicted molar refractivity (Wildman–Crippen MR) is 150 cm³/mol. The number of amides is 1. The minimum Gasteiger partial charge on any atom is -0.485 e. The highest BCUT2D eigenvalue weighted by Crippen LogP contribution is 2.28. The number of hydrogen-bond acceptors (Lipinski definition) is 5. The topological polar surface area (TPSA) is 44.8 Å². The lowest BCUT2D eigenvalue weighted by atomic mass is 10.0. The van der Waals surface area contributed by atoms with Crippen LogP contribution in [0.5, 0.6) is 5.75 Å². The molecule has 0 saturated carbocycles. The molecule has 1 saturated heterocycles. The quantitative estimate of drug-likeness (QED) is 0.331. The number of carbonyl (C=O) groups excluding carboxylic acids is 1. The lowest BCUT2D eigenvalue weighted by Crippen LogP contribution is -2.47. The predicted octanol–water partition coefficient (Wildman–Crippen LogP) is 5.93. The zero-order chi connectivity index (χ0) is 25.2. The number of nitrogens with zero attached hydrogens (tertiary/aromatic N) is 2. The van der Waals surface area contributed by atoms with Crippen LogP contribution in [0.2, 0.25) is 0 Å². The van der Waals surface area contributed by atoms with Gasteiger partial charge in [-0.25, -0.2) is 0 Å². The number of carbonyl (C=O) groups is 1. The van der Waals surface area contributed by atoms with Gasteiger partial charge in [0.15, 0.2) is 0 Å². The summed E-state index contributed by atoms with van der Waals surface area (Å²) in [5.74, 6) is 1.14. The molecule has 6 heteroatoms. The van der Waals surface area contributed by atoms with Crippen LogP contribution in [-0.4, -0.2) is 50.1 Å². The third-order valence-electron chi connectivity index (χ3n) is 6.96. The number of piperidine rings is 1. The number of benzene rings is 2. The van der Waals surface area contributed by atoms with Crippen LogP contribution < -0.4 is 15.0 Å². The van der Waals surface area contributed by atoms with Crippen LogP contribution in [0.3, 0.4) is 0 Å². The Morgan fingerprint density at radius 3 is 2.47 bits per heavy atom. The number of ether oxygens (including phenoxy) is 1. The third-order valence-corrected chi connectivity index (χ3v) is 7.93. The van der Waals surface area contributed by atoms with E-state index >= 15 is 0 Å². The van der Waals surface area contributed by atoms with Crippen LogP contribution in [-0.2, 0) is 11.2 Å². The number of para-hydroxylation sites is 1. The molecule has 1 unspecified atom stereocenters. The molecule has 192 valence electrons. The van der Waals surface area contributed by atoms with Gasteiger partial charge in [0.1, 0.15) is 11.9 Å². The average Bonchev–Trinajstić information content (AvgIpc) is 3.47. The average molecular weight is 506 g/mol. The molecule has 4 rings (SSSR count). The first-order chi connectivity index (χ1) is 17.7. The maximum absolute atomic E-state index is 12.7. The molecular weight excluding hydrogens is 466 g/mol. The van der Waals surface area contributed by atoms with Gasteiger partial charge >= 0.3 is 0 Å². The summed E-state index contributed by atoms with van der Waals surface area (Å²) >= 11 is 1.75. The Morgan fingerprint density at radius 1 is 1.08 bits per heavy atom. The van der Waals surface area contributed by atoms with E-state index in [0.29, 0.717) is 6.42 Å². The second-order valence-electron chi connectivity index (χ2n) is 9.43. The standard InChI is InChI=1S/C30H39N3O2S/c1-3-30(34)33(25-8-5-4-6-9-25)26-17-21-32(22-18-26)20-16-24-11-13-27(14-12-24)35-28(15-19-31-2)29-10-7-23-36-29/h4-14,23,26,28,31H,3,15-22H2,1-2H3. The van der Waals surface area contributed by atoms with Gasteiger partial charge in [0.2, 0.25) is 5.91 Å². The van der Waals surface area contributed by atoms with Gasteiger partial charge in [-0.2, -0.15) is 0 Å². The van der Waals surface area contributed by atoms with Gasteiger partial charge < -0.3 is 19.9 Å². The first kappa shape index (κ1) is 26.4. The minimum atomic E-state index is 0.0830. The Labute approximate surface area is 220 Å². The molecule has 1 fully saturated rings. The van der Waals surface area contributed by atoms with Gasteiger partial charge in [0.05, 0.1) is 0 Å². The van der Waals surface area contributed by atoms with Gasteiger partial charge in [-0.15, -0.1) is 11.3 Å². The van der Waals surface area contributed by atoms with Gasteiger partial charge in [-0.3, -0.25) is 4.79 Å². The number of hydrogen-bond donors (Lipinski definition) is 1. The molecule has 5 nitrogen and oxygen atoms in total. The molecule has 3 aromatic rings. The highest BCUT2D eigenvalue weighted by atomic mass is 32.1. The summed E-state index contributed by atoms with van der Waals surface area (Å²) in [7, 11) is 1.98. The van der Waals surface area contributed by atoms with Crippen molar-refractivity contribution in [2.45, 2.75) is 51.2 Å². The first-order valence-electron chi connectivity index (χ1n) is 13.2. The molecule has 36 heavy (non-hydrogen) atoms. The molecule has 1 aliphatic rings. The normalized spacial score (nSPS) is 15.5. The number of anilines is 1. The van der Waals surface area contributed by atoms with Gasteiger partial charge in [-0.1, -0.05) is 43.3 Å². The smallest absolute Gasteiger partial charge is 0.226 e. The second kappa shape index (κ2) is 13.6. The molecule has 0 radical (unpaired) electrons. The SMILES string of the molecule is CCC(=O)N(c1ccccc1)C1CCN(CCc2ccc(OC(CCNC)c3cccs3)cc2)CC1. The van der Waals surface area contributed by atoms with Crippen molar-refractivity contribution in [2.24, 2.45) is 0 Å². The van der Waals surface area contributed by atoms with E-state index in [1.807, 2.05) is 37.1 Å². The van der Waals surface area contributed by atoms with Crippen LogP contribution >= 0.6 is 11.3 Å². The Kier molecular flexibility index (Phi) is 9.96. The Balaban J connectivity index is 1.26. The highest BCUT2D eigenvalue weighted by molar-refractivity contribution is 7.10. The molecule has 2 aromatic carbocycles. The van der Waals surface area contributed by atoms with Gasteiger partial charge in [0, 0.05) is 49.1 Å². The molecule has 0 spiro atoms. The van der Waals surface area contributed by atoms with Crippen LogP contribution in [0.15, 0.2) is 72.1 Å². The second-order valence-corrected chi connectivity index (χ2v) is 10.4. The lowest BCUT2D eigenvalue weighted by molar-refractivity contribution is -0.119. The van der Waals surface area contributed by atoms with E-state index in [1.54, 1.807) is 11.3 Å². The van der Waals surface area contributed by atoms with E-state index in [2.05, 4.69) is 64.1 Å². The van der Waals surface area contributed by atoms with Crippen molar-refractivity contribution in [1.29, 1.82) is 0 Å².